The van der Waals surface area contributed by atoms with Crippen LogP contribution in [0.5, 0.6) is 0 Å². The first-order valence-electron chi connectivity index (χ1n) is 7.28. The highest BCUT2D eigenvalue weighted by Crippen LogP contribution is 2.35. The van der Waals surface area contributed by atoms with Crippen LogP contribution in [-0.4, -0.2) is 22.5 Å². The van der Waals surface area contributed by atoms with E-state index < -0.39 is 0 Å². The molecule has 1 fully saturated rings. The van der Waals surface area contributed by atoms with E-state index in [9.17, 15) is 4.79 Å². The number of halogens is 1. The van der Waals surface area contributed by atoms with Crippen LogP contribution in [0.4, 0.5) is 0 Å². The maximum Gasteiger partial charge on any atom is 0.276 e. The molecule has 23 heavy (non-hydrogen) atoms. The van der Waals surface area contributed by atoms with Crippen molar-refractivity contribution in [2.24, 2.45) is 0 Å². The van der Waals surface area contributed by atoms with Crippen LogP contribution in [0.3, 0.4) is 0 Å². The zero-order valence-corrected chi connectivity index (χ0v) is 14.5. The number of carbonyl (C=O) groups excluding carboxylic acids is 1. The Morgan fingerprint density at radius 3 is 3.04 bits per heavy atom. The second-order valence-corrected chi connectivity index (χ2v) is 7.89. The van der Waals surface area contributed by atoms with Gasteiger partial charge in [-0.2, -0.15) is 11.3 Å². The van der Waals surface area contributed by atoms with E-state index in [1.807, 2.05) is 16.3 Å². The second-order valence-electron chi connectivity index (χ2n) is 5.39. The van der Waals surface area contributed by atoms with Crippen LogP contribution in [0, 0.1) is 0 Å². The molecule has 1 aliphatic rings. The summed E-state index contributed by atoms with van der Waals surface area (Å²) >= 11 is 9.00. The summed E-state index contributed by atoms with van der Waals surface area (Å²) in [6.45, 7) is 0.756. The van der Waals surface area contributed by atoms with Crippen LogP contribution in [0.1, 0.15) is 34.9 Å². The number of hydrogen-bond donors (Lipinski definition) is 0. The highest BCUT2D eigenvalue weighted by molar-refractivity contribution is 7.19. The summed E-state index contributed by atoms with van der Waals surface area (Å²) in [7, 11) is 0. The van der Waals surface area contributed by atoms with Gasteiger partial charge in [-0.15, -0.1) is 11.3 Å². The molecule has 0 N–H and O–H groups in total. The molecular weight excluding hydrogens is 352 g/mol. The zero-order chi connectivity index (χ0) is 15.8. The quantitative estimate of drug-likeness (QED) is 0.649. The van der Waals surface area contributed by atoms with E-state index >= 15 is 0 Å². The molecule has 0 aliphatic carbocycles. The molecule has 0 aromatic carbocycles. The first-order valence-corrected chi connectivity index (χ1v) is 9.41. The fourth-order valence-electron chi connectivity index (χ4n) is 2.91. The lowest BCUT2D eigenvalue weighted by atomic mass is 10.1. The van der Waals surface area contributed by atoms with Crippen LogP contribution < -0.4 is 0 Å². The Labute approximate surface area is 146 Å². The molecule has 1 saturated heterocycles. The Bertz CT molecular complexity index is 825. The van der Waals surface area contributed by atoms with Crippen LogP contribution in [0.15, 0.2) is 39.5 Å². The first kappa shape index (κ1) is 14.9. The van der Waals surface area contributed by atoms with E-state index in [1.165, 1.54) is 16.9 Å². The van der Waals surface area contributed by atoms with Gasteiger partial charge >= 0.3 is 0 Å². The predicted octanol–water partition coefficient (Wildman–Crippen LogP) is 5.10. The van der Waals surface area contributed by atoms with Crippen LogP contribution in [-0.2, 0) is 0 Å². The van der Waals surface area contributed by atoms with Crippen molar-refractivity contribution in [2.45, 2.75) is 18.9 Å². The number of nitrogens with zero attached hydrogens (tertiary/aromatic N) is 2. The van der Waals surface area contributed by atoms with Crippen molar-refractivity contribution in [3.63, 3.8) is 0 Å². The molecule has 4 heterocycles. The fourth-order valence-corrected chi connectivity index (χ4v) is 4.61. The van der Waals surface area contributed by atoms with Gasteiger partial charge in [-0.1, -0.05) is 16.8 Å². The van der Waals surface area contributed by atoms with Crippen molar-refractivity contribution < 1.29 is 9.32 Å². The molecule has 3 aromatic heterocycles. The average Bonchev–Trinajstić information content (AvgIpc) is 3.31. The SMILES string of the molecule is O=C(c1cc(-c2ccc(Cl)s2)on1)N1CCCC1c1ccsc1. The van der Waals surface area contributed by atoms with Gasteiger partial charge in [0.2, 0.25) is 0 Å². The normalized spacial score (nSPS) is 17.8. The third kappa shape index (κ3) is 2.82. The van der Waals surface area contributed by atoms with Gasteiger partial charge < -0.3 is 9.42 Å². The van der Waals surface area contributed by atoms with E-state index in [2.05, 4.69) is 16.6 Å². The van der Waals surface area contributed by atoms with E-state index in [0.717, 1.165) is 24.3 Å². The minimum atomic E-state index is -0.0728. The van der Waals surface area contributed by atoms with Gasteiger partial charge in [0.1, 0.15) is 0 Å². The van der Waals surface area contributed by atoms with Gasteiger partial charge in [0.05, 0.1) is 15.3 Å². The third-order valence-corrected chi connectivity index (χ3v) is 5.93. The van der Waals surface area contributed by atoms with Crippen LogP contribution >= 0.6 is 34.3 Å². The summed E-state index contributed by atoms with van der Waals surface area (Å²) in [5, 5.41) is 8.12. The number of aromatic nitrogens is 1. The molecule has 1 unspecified atom stereocenters. The smallest absolute Gasteiger partial charge is 0.276 e. The molecule has 1 aliphatic heterocycles. The third-order valence-electron chi connectivity index (χ3n) is 3.99. The monoisotopic (exact) mass is 364 g/mol. The zero-order valence-electron chi connectivity index (χ0n) is 12.1. The lowest BCUT2D eigenvalue weighted by Gasteiger charge is -2.23. The number of likely N-dealkylation sites (tertiary alicyclic amines) is 1. The van der Waals surface area contributed by atoms with Crippen LogP contribution in [0.2, 0.25) is 4.34 Å². The summed E-state index contributed by atoms with van der Waals surface area (Å²) in [6, 6.07) is 7.60. The van der Waals surface area contributed by atoms with Crippen molar-refractivity contribution in [1.82, 2.24) is 10.1 Å². The number of amides is 1. The standard InChI is InChI=1S/C16H13ClN2O2S2/c17-15-4-3-14(23-15)13-8-11(18-21-13)16(20)19-6-1-2-12(19)10-5-7-22-9-10/h3-5,7-9,12H,1-2,6H2. The number of hydrogen-bond acceptors (Lipinski definition) is 5. The summed E-state index contributed by atoms with van der Waals surface area (Å²) in [5.41, 5.74) is 1.56. The predicted molar refractivity (Wildman–Crippen MR) is 92.2 cm³/mol. The van der Waals surface area contributed by atoms with Crippen molar-refractivity contribution in [3.05, 3.63) is 50.6 Å². The molecule has 0 spiro atoms. The molecule has 7 heteroatoms. The highest BCUT2D eigenvalue weighted by atomic mass is 35.5. The molecule has 4 rings (SSSR count). The fraction of sp³-hybridized carbons (Fsp3) is 0.250. The van der Waals surface area contributed by atoms with Crippen molar-refractivity contribution in [1.29, 1.82) is 0 Å². The highest BCUT2D eigenvalue weighted by Gasteiger charge is 2.32. The summed E-state index contributed by atoms with van der Waals surface area (Å²) < 4.78 is 6.01. The molecule has 1 amide bonds. The molecule has 4 nitrogen and oxygen atoms in total. The largest absolute Gasteiger partial charge is 0.355 e. The van der Waals surface area contributed by atoms with Gasteiger partial charge in [0, 0.05) is 12.6 Å². The maximum atomic E-state index is 12.8. The van der Waals surface area contributed by atoms with E-state index in [-0.39, 0.29) is 11.9 Å². The molecule has 0 bridgehead atoms. The van der Waals surface area contributed by atoms with Gasteiger partial charge in [-0.3, -0.25) is 4.79 Å². The van der Waals surface area contributed by atoms with Crippen molar-refractivity contribution >= 4 is 40.2 Å². The van der Waals surface area contributed by atoms with E-state index in [1.54, 1.807) is 23.5 Å². The summed E-state index contributed by atoms with van der Waals surface area (Å²) in [5.74, 6) is 0.507. The molecular formula is C16H13ClN2O2S2. The maximum absolute atomic E-state index is 12.8. The second kappa shape index (κ2) is 6.11. The Hall–Kier alpha value is -1.63. The first-order chi connectivity index (χ1) is 11.2. The van der Waals surface area contributed by atoms with Gasteiger partial charge in [0.25, 0.3) is 5.91 Å². The summed E-state index contributed by atoms with van der Waals surface area (Å²) in [4.78, 5) is 15.6. The Kier molecular flexibility index (Phi) is 3.97. The van der Waals surface area contributed by atoms with Crippen molar-refractivity contribution in [3.8, 4) is 10.6 Å². The minimum absolute atomic E-state index is 0.0728. The Morgan fingerprint density at radius 1 is 1.39 bits per heavy atom. The molecule has 3 aromatic rings. The average molecular weight is 365 g/mol. The lowest BCUT2D eigenvalue weighted by Crippen LogP contribution is -2.30. The van der Waals surface area contributed by atoms with E-state index in [4.69, 9.17) is 16.1 Å². The molecule has 0 radical (unpaired) electrons. The Morgan fingerprint density at radius 2 is 2.30 bits per heavy atom. The van der Waals surface area contributed by atoms with Gasteiger partial charge in [-0.25, -0.2) is 0 Å². The Balaban J connectivity index is 1.58. The minimum Gasteiger partial charge on any atom is -0.355 e. The lowest BCUT2D eigenvalue weighted by molar-refractivity contribution is 0.0725. The molecule has 1 atom stereocenters. The van der Waals surface area contributed by atoms with E-state index in [0.29, 0.717) is 15.8 Å². The topological polar surface area (TPSA) is 46.3 Å². The van der Waals surface area contributed by atoms with Crippen LogP contribution in [0.25, 0.3) is 10.6 Å². The van der Waals surface area contributed by atoms with Gasteiger partial charge in [-0.05, 0) is 47.4 Å². The summed E-state index contributed by atoms with van der Waals surface area (Å²) in [6.07, 6.45) is 2.01. The molecule has 118 valence electrons. The van der Waals surface area contributed by atoms with Crippen molar-refractivity contribution in [2.75, 3.05) is 6.54 Å². The number of carbonyl (C=O) groups is 1. The van der Waals surface area contributed by atoms with Gasteiger partial charge in [0.15, 0.2) is 11.5 Å². The number of thiophene rings is 2. The number of rotatable bonds is 3. The molecule has 0 saturated carbocycles.